The van der Waals surface area contributed by atoms with Gasteiger partial charge in [0.1, 0.15) is 12.4 Å². The van der Waals surface area contributed by atoms with Crippen molar-refractivity contribution >= 4 is 23.3 Å². The molecule has 1 aromatic carbocycles. The molecule has 19 heavy (non-hydrogen) atoms. The lowest BCUT2D eigenvalue weighted by Crippen LogP contribution is -2.30. The molecule has 0 radical (unpaired) electrons. The van der Waals surface area contributed by atoms with Crippen molar-refractivity contribution in [2.24, 2.45) is 0 Å². The van der Waals surface area contributed by atoms with E-state index in [1.54, 1.807) is 6.92 Å². The number of ether oxygens (including phenoxy) is 2. The van der Waals surface area contributed by atoms with Crippen molar-refractivity contribution in [3.05, 3.63) is 33.3 Å². The molecule has 0 aliphatic heterocycles. The fourth-order valence-electron chi connectivity index (χ4n) is 1.28. The molecule has 0 bridgehead atoms. The topological polar surface area (TPSA) is 98.9 Å². The molecule has 0 fully saturated rings. The average Bonchev–Trinajstić information content (AvgIpc) is 2.35. The number of carbonyl (C=O) groups is 1. The predicted octanol–water partition coefficient (Wildman–Crippen LogP) is 2.12. The van der Waals surface area contributed by atoms with Gasteiger partial charge >= 0.3 is 5.97 Å². The third kappa shape index (κ3) is 4.38. The number of rotatable bonds is 7. The number of nitro groups is 1. The van der Waals surface area contributed by atoms with Crippen molar-refractivity contribution < 1.29 is 24.3 Å². The summed E-state index contributed by atoms with van der Waals surface area (Å²) in [5.74, 6) is -0.988. The van der Waals surface area contributed by atoms with E-state index in [9.17, 15) is 14.9 Å². The van der Waals surface area contributed by atoms with Gasteiger partial charge in [-0.05, 0) is 13.0 Å². The smallest absolute Gasteiger partial charge is 0.336 e. The van der Waals surface area contributed by atoms with E-state index >= 15 is 0 Å². The lowest BCUT2D eigenvalue weighted by molar-refractivity contribution is -0.384. The number of carboxylic acids is 1. The van der Waals surface area contributed by atoms with Crippen molar-refractivity contribution in [3.63, 3.8) is 0 Å². The van der Waals surface area contributed by atoms with Crippen LogP contribution in [0.15, 0.2) is 18.2 Å². The molecule has 0 aliphatic rings. The summed E-state index contributed by atoms with van der Waals surface area (Å²) >= 11 is 5.80. The Morgan fingerprint density at radius 1 is 1.58 bits per heavy atom. The summed E-state index contributed by atoms with van der Waals surface area (Å²) in [6, 6.07) is 3.66. The van der Waals surface area contributed by atoms with Crippen LogP contribution in [0.1, 0.15) is 6.92 Å². The quantitative estimate of drug-likeness (QED) is 0.609. The minimum Gasteiger partial charge on any atom is -0.489 e. The highest BCUT2D eigenvalue weighted by atomic mass is 35.5. The molecular weight excluding hydrogens is 278 g/mol. The monoisotopic (exact) mass is 289 g/mol. The van der Waals surface area contributed by atoms with Gasteiger partial charge in [-0.2, -0.15) is 0 Å². The fraction of sp³-hybridized carbons (Fsp3) is 0.364. The van der Waals surface area contributed by atoms with Crippen LogP contribution in [-0.4, -0.2) is 35.3 Å². The molecule has 0 saturated heterocycles. The van der Waals surface area contributed by atoms with Crippen molar-refractivity contribution in [2.75, 3.05) is 13.2 Å². The number of aliphatic carboxylic acids is 1. The Morgan fingerprint density at radius 3 is 2.74 bits per heavy atom. The van der Waals surface area contributed by atoms with Gasteiger partial charge in [-0.1, -0.05) is 11.6 Å². The fourth-order valence-corrected chi connectivity index (χ4v) is 1.51. The van der Waals surface area contributed by atoms with Gasteiger partial charge in [0, 0.05) is 18.7 Å². The molecule has 7 nitrogen and oxygen atoms in total. The van der Waals surface area contributed by atoms with E-state index in [2.05, 4.69) is 0 Å². The molecule has 0 aromatic heterocycles. The van der Waals surface area contributed by atoms with Gasteiger partial charge in [0.15, 0.2) is 6.10 Å². The summed E-state index contributed by atoms with van der Waals surface area (Å²) in [6.45, 7) is 1.66. The second kappa shape index (κ2) is 6.91. The van der Waals surface area contributed by atoms with E-state index in [0.717, 1.165) is 6.07 Å². The van der Waals surface area contributed by atoms with Crippen LogP contribution in [0.2, 0.25) is 5.02 Å². The summed E-state index contributed by atoms with van der Waals surface area (Å²) in [7, 11) is 0. The minimum absolute atomic E-state index is 0.0369. The summed E-state index contributed by atoms with van der Waals surface area (Å²) < 4.78 is 10.1. The third-order valence-corrected chi connectivity index (χ3v) is 2.46. The maximum atomic E-state index is 10.8. The van der Waals surface area contributed by atoms with E-state index in [-0.39, 0.29) is 29.7 Å². The zero-order valence-corrected chi connectivity index (χ0v) is 10.8. The molecule has 8 heteroatoms. The Kier molecular flexibility index (Phi) is 5.53. The molecule has 0 heterocycles. The van der Waals surface area contributed by atoms with Gasteiger partial charge in [0.05, 0.1) is 9.95 Å². The Bertz CT molecular complexity index is 478. The number of halogens is 1. The molecule has 1 atom stereocenters. The number of non-ortho nitro benzene ring substituents is 1. The highest BCUT2D eigenvalue weighted by Crippen LogP contribution is 2.28. The first-order valence-corrected chi connectivity index (χ1v) is 5.74. The van der Waals surface area contributed by atoms with E-state index in [1.165, 1.54) is 12.1 Å². The lowest BCUT2D eigenvalue weighted by Gasteiger charge is -2.14. The van der Waals surface area contributed by atoms with Gasteiger partial charge < -0.3 is 14.6 Å². The Morgan fingerprint density at radius 2 is 2.26 bits per heavy atom. The molecule has 0 amide bonds. The Hall–Kier alpha value is -1.86. The first-order valence-electron chi connectivity index (χ1n) is 5.36. The average molecular weight is 290 g/mol. The SMILES string of the molecule is CCOC(COc1ccc([N+](=O)[O-])cc1Cl)C(=O)O. The van der Waals surface area contributed by atoms with Crippen molar-refractivity contribution in [3.8, 4) is 5.75 Å². The van der Waals surface area contributed by atoms with Gasteiger partial charge in [0.25, 0.3) is 5.69 Å². The third-order valence-electron chi connectivity index (χ3n) is 2.16. The van der Waals surface area contributed by atoms with Crippen LogP contribution in [0.4, 0.5) is 5.69 Å². The first kappa shape index (κ1) is 15.2. The molecule has 0 spiro atoms. The summed E-state index contributed by atoms with van der Waals surface area (Å²) in [4.78, 5) is 20.7. The van der Waals surface area contributed by atoms with E-state index in [0.29, 0.717) is 0 Å². The summed E-state index contributed by atoms with van der Waals surface area (Å²) in [5, 5.41) is 19.4. The number of hydrogen-bond acceptors (Lipinski definition) is 5. The van der Waals surface area contributed by atoms with Crippen LogP contribution in [0.5, 0.6) is 5.75 Å². The van der Waals surface area contributed by atoms with Crippen molar-refractivity contribution in [2.45, 2.75) is 13.0 Å². The highest BCUT2D eigenvalue weighted by molar-refractivity contribution is 6.32. The standard InChI is InChI=1S/C11H12ClNO6/c1-2-18-10(11(14)15)6-19-9-4-3-7(13(16)17)5-8(9)12/h3-5,10H,2,6H2,1H3,(H,14,15). The maximum Gasteiger partial charge on any atom is 0.336 e. The van der Waals surface area contributed by atoms with Crippen LogP contribution < -0.4 is 4.74 Å². The number of nitrogens with zero attached hydrogens (tertiary/aromatic N) is 1. The van der Waals surface area contributed by atoms with Crippen LogP contribution in [0.25, 0.3) is 0 Å². The maximum absolute atomic E-state index is 10.8. The second-order valence-corrected chi connectivity index (χ2v) is 3.87. The molecular formula is C11H12ClNO6. The number of hydrogen-bond donors (Lipinski definition) is 1. The molecule has 0 aliphatic carbocycles. The van der Waals surface area contributed by atoms with E-state index in [4.69, 9.17) is 26.2 Å². The van der Waals surface area contributed by atoms with Gasteiger partial charge in [-0.25, -0.2) is 4.79 Å². The highest BCUT2D eigenvalue weighted by Gasteiger charge is 2.19. The van der Waals surface area contributed by atoms with Crippen LogP contribution in [0.3, 0.4) is 0 Å². The van der Waals surface area contributed by atoms with Crippen LogP contribution in [0, 0.1) is 10.1 Å². The predicted molar refractivity (Wildman–Crippen MR) is 66.7 cm³/mol. The molecule has 104 valence electrons. The number of nitro benzene ring substituents is 1. The molecule has 1 N–H and O–H groups in total. The van der Waals surface area contributed by atoms with Crippen LogP contribution in [-0.2, 0) is 9.53 Å². The number of carboxylic acid groups (broad SMARTS) is 1. The number of benzene rings is 1. The van der Waals surface area contributed by atoms with Crippen molar-refractivity contribution in [1.29, 1.82) is 0 Å². The van der Waals surface area contributed by atoms with Gasteiger partial charge in [0.2, 0.25) is 0 Å². The summed E-state index contributed by atoms with van der Waals surface area (Å²) in [6.07, 6.45) is -1.11. The molecule has 1 rings (SSSR count). The first-order chi connectivity index (χ1) is 8.95. The van der Waals surface area contributed by atoms with E-state index in [1.807, 2.05) is 0 Å². The Balaban J connectivity index is 2.72. The normalized spacial score (nSPS) is 11.9. The zero-order chi connectivity index (χ0) is 14.4. The zero-order valence-electron chi connectivity index (χ0n) is 10.0. The molecule has 1 unspecified atom stereocenters. The van der Waals surface area contributed by atoms with Gasteiger partial charge in [-0.15, -0.1) is 0 Å². The van der Waals surface area contributed by atoms with Crippen LogP contribution >= 0.6 is 11.6 Å². The second-order valence-electron chi connectivity index (χ2n) is 3.47. The van der Waals surface area contributed by atoms with E-state index < -0.39 is 17.0 Å². The Labute approximate surface area is 113 Å². The largest absolute Gasteiger partial charge is 0.489 e. The minimum atomic E-state index is -1.15. The van der Waals surface area contributed by atoms with Crippen molar-refractivity contribution in [1.82, 2.24) is 0 Å². The molecule has 1 aromatic rings. The molecule has 0 saturated carbocycles. The van der Waals surface area contributed by atoms with Gasteiger partial charge in [-0.3, -0.25) is 10.1 Å². The lowest BCUT2D eigenvalue weighted by atomic mass is 10.3. The summed E-state index contributed by atoms with van der Waals surface area (Å²) in [5.41, 5.74) is -0.169.